The maximum absolute atomic E-state index is 12.7. The number of amides is 1. The predicted octanol–water partition coefficient (Wildman–Crippen LogP) is 3.30. The van der Waals surface area contributed by atoms with Gasteiger partial charge in [0.2, 0.25) is 11.9 Å². The fourth-order valence-electron chi connectivity index (χ4n) is 5.31. The third-order valence-corrected chi connectivity index (χ3v) is 7.13. The van der Waals surface area contributed by atoms with Crippen molar-refractivity contribution < 1.29 is 4.79 Å². The Balaban J connectivity index is 1.20. The normalized spacial score (nSPS) is 20.8. The van der Waals surface area contributed by atoms with Gasteiger partial charge in [0.25, 0.3) is 0 Å². The van der Waals surface area contributed by atoms with Crippen molar-refractivity contribution in [1.29, 1.82) is 0 Å². The average Bonchev–Trinajstić information content (AvgIpc) is 3.64. The topological polar surface area (TPSA) is 116 Å². The van der Waals surface area contributed by atoms with E-state index in [1.54, 1.807) is 10.7 Å². The number of hydrogen-bond donors (Lipinski definition) is 3. The number of nitrogens with one attached hydrogen (secondary N) is 3. The van der Waals surface area contributed by atoms with Gasteiger partial charge in [0.15, 0.2) is 5.65 Å². The van der Waals surface area contributed by atoms with Crippen molar-refractivity contribution in [2.24, 2.45) is 5.92 Å². The molecule has 0 spiro atoms. The lowest BCUT2D eigenvalue weighted by Crippen LogP contribution is -2.37. The van der Waals surface area contributed by atoms with Crippen molar-refractivity contribution in [1.82, 2.24) is 34.4 Å². The molecule has 0 aromatic carbocycles. The van der Waals surface area contributed by atoms with Crippen molar-refractivity contribution in [3.8, 4) is 11.3 Å². The maximum Gasteiger partial charge on any atom is 0.226 e. The number of aromatic amines is 1. The predicted molar refractivity (Wildman–Crippen MR) is 131 cm³/mol. The van der Waals surface area contributed by atoms with Crippen LogP contribution >= 0.6 is 0 Å². The third kappa shape index (κ3) is 3.72. The second-order valence-corrected chi connectivity index (χ2v) is 9.24. The Morgan fingerprint density at radius 2 is 1.91 bits per heavy atom. The Labute approximate surface area is 197 Å². The Kier molecular flexibility index (Phi) is 5.27. The van der Waals surface area contributed by atoms with Crippen LogP contribution in [-0.2, 0) is 4.79 Å². The number of H-pyrrole nitrogens is 1. The molecule has 6 rings (SSSR count). The molecule has 10 nitrogen and oxygen atoms in total. The van der Waals surface area contributed by atoms with E-state index in [0.717, 1.165) is 85.4 Å². The van der Waals surface area contributed by atoms with E-state index in [-0.39, 0.29) is 12.0 Å². The van der Waals surface area contributed by atoms with Crippen LogP contribution in [0, 0.1) is 5.92 Å². The molecule has 10 heteroatoms. The van der Waals surface area contributed by atoms with Crippen LogP contribution in [0.2, 0.25) is 0 Å². The van der Waals surface area contributed by atoms with Crippen molar-refractivity contribution in [2.75, 3.05) is 30.8 Å². The summed E-state index contributed by atoms with van der Waals surface area (Å²) < 4.78 is 1.74. The summed E-state index contributed by atoms with van der Waals surface area (Å²) in [4.78, 5) is 32.3. The van der Waals surface area contributed by atoms with Crippen LogP contribution in [0.3, 0.4) is 0 Å². The maximum atomic E-state index is 12.7. The highest BCUT2D eigenvalue weighted by Crippen LogP contribution is 2.33. The standard InChI is InChI=1S/C24H29N9O/c1-25-21-20-17(18-9-13-33-19(29-18)8-10-27-33)14-26-22(20)31-24(30-21)28-16-6-4-15(5-7-16)23(34)32-11-2-3-12-32/h8-10,13-16H,2-7,11-12H2,1H3,(H3,25,26,28,30,31)/t15-,16+. The van der Waals surface area contributed by atoms with E-state index >= 15 is 0 Å². The molecule has 2 aliphatic rings. The summed E-state index contributed by atoms with van der Waals surface area (Å²) in [5.74, 6) is 1.86. The van der Waals surface area contributed by atoms with Crippen LogP contribution in [0.4, 0.5) is 11.8 Å². The molecule has 4 aromatic rings. The highest BCUT2D eigenvalue weighted by Gasteiger charge is 2.31. The molecular weight excluding hydrogens is 430 g/mol. The van der Waals surface area contributed by atoms with Crippen LogP contribution in [0.1, 0.15) is 38.5 Å². The van der Waals surface area contributed by atoms with Crippen molar-refractivity contribution >= 4 is 34.4 Å². The Hall–Kier alpha value is -3.69. The van der Waals surface area contributed by atoms with Crippen molar-refractivity contribution in [3.63, 3.8) is 0 Å². The molecule has 0 radical (unpaired) electrons. The fraction of sp³-hybridized carbons (Fsp3) is 0.458. The SMILES string of the molecule is CNc1nc(N[C@H]2CC[C@@H](C(=O)N3CCCC3)CC2)nc2[nH]cc(-c3ccn4nccc4n3)c12. The molecule has 0 bridgehead atoms. The van der Waals surface area contributed by atoms with Crippen LogP contribution in [-0.4, -0.2) is 66.5 Å². The van der Waals surface area contributed by atoms with E-state index in [1.165, 1.54) is 0 Å². The molecule has 34 heavy (non-hydrogen) atoms. The molecule has 3 N–H and O–H groups in total. The van der Waals surface area contributed by atoms with Crippen molar-refractivity contribution in [3.05, 3.63) is 30.7 Å². The zero-order chi connectivity index (χ0) is 23.1. The van der Waals surface area contributed by atoms with Gasteiger partial charge >= 0.3 is 0 Å². The molecule has 0 unspecified atom stereocenters. The Morgan fingerprint density at radius 3 is 2.71 bits per heavy atom. The van der Waals surface area contributed by atoms with Crippen molar-refractivity contribution in [2.45, 2.75) is 44.6 Å². The zero-order valence-corrected chi connectivity index (χ0v) is 19.3. The molecule has 1 amide bonds. The number of rotatable bonds is 5. The zero-order valence-electron chi connectivity index (χ0n) is 19.3. The van der Waals surface area contributed by atoms with Crippen LogP contribution in [0.15, 0.2) is 30.7 Å². The lowest BCUT2D eigenvalue weighted by atomic mass is 9.85. The number of hydrogen-bond acceptors (Lipinski definition) is 7. The molecule has 4 aromatic heterocycles. The summed E-state index contributed by atoms with van der Waals surface area (Å²) in [6.45, 7) is 1.86. The van der Waals surface area contributed by atoms with Gasteiger partial charge in [-0.05, 0) is 44.6 Å². The number of fused-ring (bicyclic) bond motifs is 2. The Morgan fingerprint density at radius 1 is 1.09 bits per heavy atom. The van der Waals surface area contributed by atoms with E-state index < -0.39 is 0 Å². The molecule has 176 valence electrons. The number of nitrogens with zero attached hydrogens (tertiary/aromatic N) is 6. The molecule has 2 fully saturated rings. The minimum atomic E-state index is 0.166. The first kappa shape index (κ1) is 20.9. The molecule has 1 saturated carbocycles. The Bertz CT molecular complexity index is 1330. The first-order chi connectivity index (χ1) is 16.7. The van der Waals surface area contributed by atoms with Crippen LogP contribution in [0.25, 0.3) is 27.9 Å². The van der Waals surface area contributed by atoms with E-state index in [9.17, 15) is 4.79 Å². The van der Waals surface area contributed by atoms with Gasteiger partial charge in [0, 0.05) is 56.1 Å². The average molecular weight is 460 g/mol. The largest absolute Gasteiger partial charge is 0.372 e. The minimum Gasteiger partial charge on any atom is -0.372 e. The molecule has 1 aliphatic carbocycles. The fourth-order valence-corrected chi connectivity index (χ4v) is 5.31. The van der Waals surface area contributed by atoms with Gasteiger partial charge < -0.3 is 20.5 Å². The van der Waals surface area contributed by atoms with Crippen LogP contribution < -0.4 is 10.6 Å². The van der Waals surface area contributed by atoms with Gasteiger partial charge in [-0.15, -0.1) is 0 Å². The number of carbonyl (C=O) groups is 1. The summed E-state index contributed by atoms with van der Waals surface area (Å²) in [6.07, 6.45) is 11.6. The summed E-state index contributed by atoms with van der Waals surface area (Å²) in [7, 11) is 1.87. The van der Waals surface area contributed by atoms with E-state index in [2.05, 4.69) is 25.6 Å². The van der Waals surface area contributed by atoms with Crippen LogP contribution in [0.5, 0.6) is 0 Å². The smallest absolute Gasteiger partial charge is 0.226 e. The van der Waals surface area contributed by atoms with Gasteiger partial charge in [-0.1, -0.05) is 0 Å². The molecular formula is C24H29N9O. The summed E-state index contributed by atoms with van der Waals surface area (Å²) in [5, 5.41) is 11.9. The van der Waals surface area contributed by atoms with E-state index in [1.807, 2.05) is 31.6 Å². The van der Waals surface area contributed by atoms with E-state index in [4.69, 9.17) is 15.0 Å². The molecule has 1 aliphatic heterocycles. The summed E-state index contributed by atoms with van der Waals surface area (Å²) in [6, 6.07) is 4.09. The highest BCUT2D eigenvalue weighted by molar-refractivity contribution is 6.00. The lowest BCUT2D eigenvalue weighted by molar-refractivity contribution is -0.135. The molecule has 5 heterocycles. The number of likely N-dealkylation sites (tertiary alicyclic amines) is 1. The first-order valence-corrected chi connectivity index (χ1v) is 12.1. The van der Waals surface area contributed by atoms with Gasteiger partial charge in [0.1, 0.15) is 11.5 Å². The van der Waals surface area contributed by atoms with Gasteiger partial charge in [0.05, 0.1) is 17.3 Å². The van der Waals surface area contributed by atoms with Gasteiger partial charge in [-0.3, -0.25) is 4.79 Å². The minimum absolute atomic E-state index is 0.166. The third-order valence-electron chi connectivity index (χ3n) is 7.13. The lowest BCUT2D eigenvalue weighted by Gasteiger charge is -2.30. The number of aromatic nitrogens is 6. The second-order valence-electron chi connectivity index (χ2n) is 9.24. The second kappa shape index (κ2) is 8.58. The number of anilines is 2. The van der Waals surface area contributed by atoms with Gasteiger partial charge in [-0.2, -0.15) is 15.1 Å². The highest BCUT2D eigenvalue weighted by atomic mass is 16.2. The van der Waals surface area contributed by atoms with Gasteiger partial charge in [-0.25, -0.2) is 9.50 Å². The quantitative estimate of drug-likeness (QED) is 0.419. The summed E-state index contributed by atoms with van der Waals surface area (Å²) >= 11 is 0. The monoisotopic (exact) mass is 459 g/mol. The molecule has 0 atom stereocenters. The number of carbonyl (C=O) groups excluding carboxylic acids is 1. The molecule has 1 saturated heterocycles. The van der Waals surface area contributed by atoms with E-state index in [0.29, 0.717) is 11.9 Å². The first-order valence-electron chi connectivity index (χ1n) is 12.1. The summed E-state index contributed by atoms with van der Waals surface area (Å²) in [5.41, 5.74) is 3.32.